The highest BCUT2D eigenvalue weighted by Crippen LogP contribution is 2.26. The summed E-state index contributed by atoms with van der Waals surface area (Å²) >= 11 is 0. The van der Waals surface area contributed by atoms with Crippen molar-refractivity contribution in [1.29, 1.82) is 0 Å². The molecule has 0 amide bonds. The largest absolute Gasteiger partial charge is 0.330 e. The van der Waals surface area contributed by atoms with Gasteiger partial charge in [0.15, 0.2) is 0 Å². The van der Waals surface area contributed by atoms with Gasteiger partial charge >= 0.3 is 0 Å². The van der Waals surface area contributed by atoms with Crippen molar-refractivity contribution in [3.8, 4) is 0 Å². The molecule has 100 valence electrons. The van der Waals surface area contributed by atoms with E-state index >= 15 is 0 Å². The van der Waals surface area contributed by atoms with Gasteiger partial charge < -0.3 is 5.73 Å². The van der Waals surface area contributed by atoms with E-state index in [9.17, 15) is 8.42 Å². The van der Waals surface area contributed by atoms with Crippen molar-refractivity contribution in [2.75, 3.05) is 31.9 Å². The van der Waals surface area contributed by atoms with Crippen LogP contribution in [0, 0.1) is 0 Å². The zero-order valence-corrected chi connectivity index (χ0v) is 11.3. The van der Waals surface area contributed by atoms with E-state index in [1.165, 1.54) is 6.42 Å². The Kier molecular flexibility index (Phi) is 4.07. The molecule has 2 aliphatic heterocycles. The first-order valence-corrected chi connectivity index (χ1v) is 8.09. The van der Waals surface area contributed by atoms with Gasteiger partial charge in [0.25, 0.3) is 0 Å². The van der Waals surface area contributed by atoms with Gasteiger partial charge in [-0.1, -0.05) is 0 Å². The van der Waals surface area contributed by atoms with Gasteiger partial charge in [-0.25, -0.2) is 8.42 Å². The molecule has 2 fully saturated rings. The quantitative estimate of drug-likeness (QED) is 0.763. The Morgan fingerprint density at radius 1 is 1.35 bits per heavy atom. The minimum atomic E-state index is -3.11. The summed E-state index contributed by atoms with van der Waals surface area (Å²) in [5.41, 5.74) is 5.39. The topological polar surface area (TPSA) is 66.6 Å². The molecular weight excluding hydrogens is 238 g/mol. The lowest BCUT2D eigenvalue weighted by molar-refractivity contribution is 0.117. The number of hydrogen-bond donors (Lipinski definition) is 1. The standard InChI is InChI=1S/C11H23N3O2S/c1-10-8-13-6-2-4-11(13)9-14(10)17(15,16)7-3-5-12/h10-11H,2-9,12H2,1H3. The Morgan fingerprint density at radius 2 is 2.12 bits per heavy atom. The Balaban J connectivity index is 2.05. The Morgan fingerprint density at radius 3 is 2.82 bits per heavy atom. The highest BCUT2D eigenvalue weighted by atomic mass is 32.2. The minimum absolute atomic E-state index is 0.104. The normalized spacial score (nSPS) is 31.6. The Hall–Kier alpha value is -0.170. The summed E-state index contributed by atoms with van der Waals surface area (Å²) in [6.45, 7) is 5.14. The molecule has 2 N–H and O–H groups in total. The van der Waals surface area contributed by atoms with Crippen molar-refractivity contribution in [2.45, 2.75) is 38.3 Å². The molecule has 2 rings (SSSR count). The number of sulfonamides is 1. The first kappa shape index (κ1) is 13.3. The fourth-order valence-electron chi connectivity index (χ4n) is 2.93. The molecule has 6 heteroatoms. The average molecular weight is 261 g/mol. The molecule has 0 aromatic rings. The van der Waals surface area contributed by atoms with Crippen LogP contribution in [0.15, 0.2) is 0 Å². The molecule has 2 unspecified atom stereocenters. The molecule has 2 aliphatic rings. The summed E-state index contributed by atoms with van der Waals surface area (Å²) < 4.78 is 26.1. The average Bonchev–Trinajstić information content (AvgIpc) is 2.72. The maximum atomic E-state index is 12.2. The van der Waals surface area contributed by atoms with Crippen LogP contribution in [0.2, 0.25) is 0 Å². The van der Waals surface area contributed by atoms with E-state index in [0.717, 1.165) is 19.5 Å². The fourth-order valence-corrected chi connectivity index (χ4v) is 4.71. The zero-order valence-electron chi connectivity index (χ0n) is 10.5. The van der Waals surface area contributed by atoms with E-state index < -0.39 is 10.0 Å². The monoisotopic (exact) mass is 261 g/mol. The molecule has 0 saturated carbocycles. The summed E-state index contributed by atoms with van der Waals surface area (Å²) in [6, 6.07) is 0.547. The molecule has 2 heterocycles. The Bertz CT molecular complexity index is 358. The smallest absolute Gasteiger partial charge is 0.214 e. The maximum Gasteiger partial charge on any atom is 0.214 e. The van der Waals surface area contributed by atoms with Crippen molar-refractivity contribution in [2.24, 2.45) is 5.73 Å². The molecular formula is C11H23N3O2S. The molecule has 17 heavy (non-hydrogen) atoms. The Labute approximate surface area is 104 Å². The van der Waals surface area contributed by atoms with Crippen LogP contribution in [0.3, 0.4) is 0 Å². The van der Waals surface area contributed by atoms with Gasteiger partial charge in [-0.15, -0.1) is 0 Å². The fraction of sp³-hybridized carbons (Fsp3) is 1.00. The molecule has 0 spiro atoms. The zero-order chi connectivity index (χ0) is 12.5. The lowest BCUT2D eigenvalue weighted by Gasteiger charge is -2.41. The highest BCUT2D eigenvalue weighted by molar-refractivity contribution is 7.89. The number of piperazine rings is 1. The summed E-state index contributed by atoms with van der Waals surface area (Å²) in [5, 5.41) is 0. The summed E-state index contributed by atoms with van der Waals surface area (Å²) in [7, 11) is -3.11. The van der Waals surface area contributed by atoms with E-state index in [1.54, 1.807) is 4.31 Å². The van der Waals surface area contributed by atoms with E-state index in [1.807, 2.05) is 6.92 Å². The van der Waals surface area contributed by atoms with Crippen molar-refractivity contribution in [3.05, 3.63) is 0 Å². The lowest BCUT2D eigenvalue weighted by Crippen LogP contribution is -2.57. The van der Waals surface area contributed by atoms with Gasteiger partial charge in [-0.2, -0.15) is 4.31 Å². The van der Waals surface area contributed by atoms with Crippen LogP contribution in [-0.2, 0) is 10.0 Å². The van der Waals surface area contributed by atoms with Gasteiger partial charge in [0.1, 0.15) is 0 Å². The molecule has 2 saturated heterocycles. The van der Waals surface area contributed by atoms with E-state index in [2.05, 4.69) is 4.90 Å². The number of nitrogens with zero attached hydrogens (tertiary/aromatic N) is 2. The second-order valence-corrected chi connectivity index (χ2v) is 7.21. The molecule has 0 aromatic heterocycles. The number of nitrogens with two attached hydrogens (primary N) is 1. The van der Waals surface area contributed by atoms with Gasteiger partial charge in [0.2, 0.25) is 10.0 Å². The first-order valence-electron chi connectivity index (χ1n) is 6.48. The minimum Gasteiger partial charge on any atom is -0.330 e. The SMILES string of the molecule is CC1CN2CCCC2CN1S(=O)(=O)CCCN. The van der Waals surface area contributed by atoms with Crippen LogP contribution >= 0.6 is 0 Å². The van der Waals surface area contributed by atoms with Crippen LogP contribution < -0.4 is 5.73 Å². The molecule has 5 nitrogen and oxygen atoms in total. The summed E-state index contributed by atoms with van der Waals surface area (Å²) in [4.78, 5) is 2.43. The third-order valence-electron chi connectivity index (χ3n) is 3.84. The lowest BCUT2D eigenvalue weighted by atomic mass is 10.1. The number of rotatable bonds is 4. The van der Waals surface area contributed by atoms with Gasteiger partial charge in [-0.05, 0) is 39.3 Å². The second-order valence-electron chi connectivity index (χ2n) is 5.17. The van der Waals surface area contributed by atoms with Crippen LogP contribution in [0.25, 0.3) is 0 Å². The molecule has 2 atom stereocenters. The van der Waals surface area contributed by atoms with E-state index in [0.29, 0.717) is 25.6 Å². The maximum absolute atomic E-state index is 12.2. The van der Waals surface area contributed by atoms with Crippen molar-refractivity contribution >= 4 is 10.0 Å². The number of hydrogen-bond acceptors (Lipinski definition) is 4. The summed E-state index contributed by atoms with van der Waals surface area (Å²) in [5.74, 6) is 0.195. The predicted molar refractivity (Wildman–Crippen MR) is 68.2 cm³/mol. The van der Waals surface area contributed by atoms with Crippen LogP contribution in [0.1, 0.15) is 26.2 Å². The van der Waals surface area contributed by atoms with Crippen molar-refractivity contribution in [1.82, 2.24) is 9.21 Å². The van der Waals surface area contributed by atoms with E-state index in [4.69, 9.17) is 5.73 Å². The van der Waals surface area contributed by atoms with Crippen LogP contribution in [-0.4, -0.2) is 61.6 Å². The summed E-state index contributed by atoms with van der Waals surface area (Å²) in [6.07, 6.45) is 2.89. The van der Waals surface area contributed by atoms with Crippen molar-refractivity contribution in [3.63, 3.8) is 0 Å². The molecule has 0 bridgehead atoms. The van der Waals surface area contributed by atoms with Crippen molar-refractivity contribution < 1.29 is 8.42 Å². The van der Waals surface area contributed by atoms with Gasteiger partial charge in [-0.3, -0.25) is 4.90 Å². The first-order chi connectivity index (χ1) is 8.04. The van der Waals surface area contributed by atoms with Gasteiger partial charge in [0, 0.05) is 25.2 Å². The second kappa shape index (κ2) is 5.22. The molecule has 0 radical (unpaired) electrons. The predicted octanol–water partition coefficient (Wildman–Crippen LogP) is -0.166. The van der Waals surface area contributed by atoms with Gasteiger partial charge in [0.05, 0.1) is 5.75 Å². The molecule has 0 aliphatic carbocycles. The number of fused-ring (bicyclic) bond motifs is 1. The third-order valence-corrected chi connectivity index (χ3v) is 5.87. The van der Waals surface area contributed by atoms with E-state index in [-0.39, 0.29) is 11.8 Å². The van der Waals surface area contributed by atoms with Crippen LogP contribution in [0.4, 0.5) is 0 Å². The van der Waals surface area contributed by atoms with Crippen LogP contribution in [0.5, 0.6) is 0 Å². The third kappa shape index (κ3) is 2.81. The highest BCUT2D eigenvalue weighted by Gasteiger charge is 2.39. The molecule has 0 aromatic carbocycles.